The number of aromatic hydroxyl groups is 1. The molecule has 2 rings (SSSR count). The molecular weight excluding hydrogens is 300 g/mol. The molecule has 0 radical (unpaired) electrons. The summed E-state index contributed by atoms with van der Waals surface area (Å²) in [5.41, 5.74) is -0.478. The number of carboxylic acid groups (broad SMARTS) is 1. The zero-order valence-electron chi connectivity index (χ0n) is 10.7. The van der Waals surface area contributed by atoms with Gasteiger partial charge in [0.1, 0.15) is 11.3 Å². The highest BCUT2D eigenvalue weighted by molar-refractivity contribution is 7.89. The molecule has 0 saturated carbocycles. The van der Waals surface area contributed by atoms with E-state index >= 15 is 0 Å². The second-order valence-electron chi connectivity index (χ2n) is 4.05. The summed E-state index contributed by atoms with van der Waals surface area (Å²) in [5, 5.41) is 25.5. The minimum Gasteiger partial charge on any atom is -0.507 e. The predicted molar refractivity (Wildman–Crippen MR) is 70.3 cm³/mol. The Bertz CT molecular complexity index is 742. The quantitative estimate of drug-likeness (QED) is 0.664. The van der Waals surface area contributed by atoms with Crippen molar-refractivity contribution < 1.29 is 23.4 Å². The van der Waals surface area contributed by atoms with Crippen LogP contribution in [0.1, 0.15) is 10.4 Å². The summed E-state index contributed by atoms with van der Waals surface area (Å²) in [6, 6.07) is 3.05. The molecule has 9 nitrogen and oxygen atoms in total. The zero-order chi connectivity index (χ0) is 15.5. The lowest BCUT2D eigenvalue weighted by Crippen LogP contribution is -2.27. The third-order valence-electron chi connectivity index (χ3n) is 2.61. The van der Waals surface area contributed by atoms with E-state index in [4.69, 9.17) is 5.11 Å². The van der Waals surface area contributed by atoms with Crippen LogP contribution < -0.4 is 4.72 Å². The van der Waals surface area contributed by atoms with Gasteiger partial charge in [0, 0.05) is 12.7 Å². The van der Waals surface area contributed by atoms with Gasteiger partial charge in [0.25, 0.3) is 0 Å². The first-order valence-corrected chi connectivity index (χ1v) is 7.28. The van der Waals surface area contributed by atoms with Crippen molar-refractivity contribution in [2.24, 2.45) is 0 Å². The lowest BCUT2D eigenvalue weighted by Gasteiger charge is -2.08. The molecule has 0 spiro atoms. The first-order valence-electron chi connectivity index (χ1n) is 5.80. The third-order valence-corrected chi connectivity index (χ3v) is 4.07. The molecule has 1 heterocycles. The number of carboxylic acids is 1. The molecule has 0 atom stereocenters. The van der Waals surface area contributed by atoms with Crippen molar-refractivity contribution in [3.8, 4) is 5.75 Å². The van der Waals surface area contributed by atoms with Gasteiger partial charge < -0.3 is 10.2 Å². The lowest BCUT2D eigenvalue weighted by atomic mass is 10.2. The van der Waals surface area contributed by atoms with Crippen LogP contribution in [0, 0.1) is 0 Å². The van der Waals surface area contributed by atoms with E-state index in [2.05, 4.69) is 15.0 Å². The SMILES string of the molecule is O=C(O)c1cc(S(=O)(=O)NCCn2ccnn2)ccc1O. The van der Waals surface area contributed by atoms with E-state index in [1.807, 2.05) is 0 Å². The third kappa shape index (κ3) is 3.55. The van der Waals surface area contributed by atoms with E-state index in [1.54, 1.807) is 6.20 Å². The molecule has 3 N–H and O–H groups in total. The average molecular weight is 312 g/mol. The Morgan fingerprint density at radius 2 is 2.14 bits per heavy atom. The number of aromatic carboxylic acids is 1. The summed E-state index contributed by atoms with van der Waals surface area (Å²) in [4.78, 5) is 10.6. The van der Waals surface area contributed by atoms with Crippen molar-refractivity contribution in [2.45, 2.75) is 11.4 Å². The molecule has 0 amide bonds. The maximum Gasteiger partial charge on any atom is 0.339 e. The van der Waals surface area contributed by atoms with Crippen LogP contribution in [0.3, 0.4) is 0 Å². The maximum atomic E-state index is 12.0. The molecule has 1 aromatic carbocycles. The Morgan fingerprint density at radius 1 is 1.38 bits per heavy atom. The van der Waals surface area contributed by atoms with E-state index in [9.17, 15) is 18.3 Å². The number of phenols is 1. The fraction of sp³-hybridized carbons (Fsp3) is 0.182. The van der Waals surface area contributed by atoms with Crippen LogP contribution in [0.5, 0.6) is 5.75 Å². The number of nitrogens with zero attached hydrogens (tertiary/aromatic N) is 3. The number of carbonyl (C=O) groups is 1. The normalized spacial score (nSPS) is 11.4. The fourth-order valence-corrected chi connectivity index (χ4v) is 2.63. The molecule has 0 aliphatic carbocycles. The van der Waals surface area contributed by atoms with Gasteiger partial charge in [-0.15, -0.1) is 5.10 Å². The molecule has 0 fully saturated rings. The van der Waals surface area contributed by atoms with Gasteiger partial charge in [0.05, 0.1) is 17.6 Å². The predicted octanol–water partition coefficient (Wildman–Crippen LogP) is -0.340. The van der Waals surface area contributed by atoms with Gasteiger partial charge in [-0.2, -0.15) is 0 Å². The van der Waals surface area contributed by atoms with Gasteiger partial charge in [-0.1, -0.05) is 5.21 Å². The van der Waals surface area contributed by atoms with Crippen LogP contribution >= 0.6 is 0 Å². The molecule has 21 heavy (non-hydrogen) atoms. The smallest absolute Gasteiger partial charge is 0.339 e. The first kappa shape index (κ1) is 14.9. The molecule has 0 aliphatic rings. The van der Waals surface area contributed by atoms with E-state index in [-0.39, 0.29) is 18.0 Å². The number of hydrogen-bond acceptors (Lipinski definition) is 6. The molecule has 2 aromatic rings. The van der Waals surface area contributed by atoms with Gasteiger partial charge in [-0.25, -0.2) is 17.9 Å². The molecule has 0 aliphatic heterocycles. The summed E-state index contributed by atoms with van der Waals surface area (Å²) in [6.45, 7) is 0.345. The molecule has 0 unspecified atom stereocenters. The molecule has 112 valence electrons. The average Bonchev–Trinajstić information content (AvgIpc) is 2.91. The van der Waals surface area contributed by atoms with Gasteiger partial charge in [0.2, 0.25) is 10.0 Å². The van der Waals surface area contributed by atoms with Crippen molar-refractivity contribution in [3.63, 3.8) is 0 Å². The van der Waals surface area contributed by atoms with Crippen molar-refractivity contribution >= 4 is 16.0 Å². The van der Waals surface area contributed by atoms with E-state index < -0.39 is 27.3 Å². The van der Waals surface area contributed by atoms with Gasteiger partial charge >= 0.3 is 5.97 Å². The maximum absolute atomic E-state index is 12.0. The topological polar surface area (TPSA) is 134 Å². The van der Waals surface area contributed by atoms with Crippen LogP contribution in [0.4, 0.5) is 0 Å². The molecule has 1 aromatic heterocycles. The number of aromatic nitrogens is 3. The van der Waals surface area contributed by atoms with Crippen molar-refractivity contribution in [3.05, 3.63) is 36.2 Å². The standard InChI is InChI=1S/C11H12N4O5S/c16-10-2-1-8(7-9(10)11(17)18)21(19,20)13-4-6-15-5-3-12-14-15/h1-3,5,7,13,16H,4,6H2,(H,17,18). The molecule has 0 saturated heterocycles. The van der Waals surface area contributed by atoms with Crippen molar-refractivity contribution in [2.75, 3.05) is 6.54 Å². The lowest BCUT2D eigenvalue weighted by molar-refractivity contribution is 0.0693. The van der Waals surface area contributed by atoms with Crippen LogP contribution in [0.2, 0.25) is 0 Å². The highest BCUT2D eigenvalue weighted by Crippen LogP contribution is 2.21. The second kappa shape index (κ2) is 5.89. The van der Waals surface area contributed by atoms with Gasteiger partial charge in [-0.05, 0) is 18.2 Å². The number of nitrogens with one attached hydrogen (secondary N) is 1. The number of benzene rings is 1. The van der Waals surface area contributed by atoms with E-state index in [1.165, 1.54) is 10.9 Å². The highest BCUT2D eigenvalue weighted by Gasteiger charge is 2.18. The number of rotatable bonds is 6. The summed E-state index contributed by atoms with van der Waals surface area (Å²) < 4.78 is 27.8. The Kier molecular flexibility index (Phi) is 4.19. The minimum absolute atomic E-state index is 0.0645. The summed E-state index contributed by atoms with van der Waals surface area (Å²) in [7, 11) is -3.87. The van der Waals surface area contributed by atoms with Gasteiger partial charge in [0.15, 0.2) is 0 Å². The summed E-state index contributed by atoms with van der Waals surface area (Å²) in [6.07, 6.45) is 3.05. The Hall–Kier alpha value is -2.46. The Morgan fingerprint density at radius 3 is 2.76 bits per heavy atom. The molecular formula is C11H12N4O5S. The molecule has 0 bridgehead atoms. The number of hydrogen-bond donors (Lipinski definition) is 3. The van der Waals surface area contributed by atoms with E-state index in [0.717, 1.165) is 18.2 Å². The van der Waals surface area contributed by atoms with Crippen LogP contribution in [-0.2, 0) is 16.6 Å². The highest BCUT2D eigenvalue weighted by atomic mass is 32.2. The largest absolute Gasteiger partial charge is 0.507 e. The van der Waals surface area contributed by atoms with Crippen molar-refractivity contribution in [1.82, 2.24) is 19.7 Å². The number of sulfonamides is 1. The summed E-state index contributed by atoms with van der Waals surface area (Å²) >= 11 is 0. The van der Waals surface area contributed by atoms with Gasteiger partial charge in [-0.3, -0.25) is 4.68 Å². The van der Waals surface area contributed by atoms with Crippen LogP contribution in [0.25, 0.3) is 0 Å². The minimum atomic E-state index is -3.87. The Labute approximate surface area is 119 Å². The monoisotopic (exact) mass is 312 g/mol. The Balaban J connectivity index is 2.12. The zero-order valence-corrected chi connectivity index (χ0v) is 11.5. The van der Waals surface area contributed by atoms with Crippen LogP contribution in [0.15, 0.2) is 35.5 Å². The summed E-state index contributed by atoms with van der Waals surface area (Å²) in [5.74, 6) is -1.91. The molecule has 10 heteroatoms. The van der Waals surface area contributed by atoms with E-state index in [0.29, 0.717) is 0 Å². The second-order valence-corrected chi connectivity index (χ2v) is 5.81. The first-order chi connectivity index (χ1) is 9.90. The van der Waals surface area contributed by atoms with Crippen LogP contribution in [-0.4, -0.2) is 46.1 Å². The van der Waals surface area contributed by atoms with Crippen molar-refractivity contribution in [1.29, 1.82) is 0 Å². The fourth-order valence-electron chi connectivity index (χ4n) is 1.58.